The van der Waals surface area contributed by atoms with Gasteiger partial charge in [0.1, 0.15) is 0 Å². The first-order chi connectivity index (χ1) is 14.5. The van der Waals surface area contributed by atoms with Crippen molar-refractivity contribution >= 4 is 17.2 Å². The van der Waals surface area contributed by atoms with Crippen LogP contribution in [0, 0.1) is 0 Å². The quantitative estimate of drug-likeness (QED) is 0.561. The Bertz CT molecular complexity index is 816. The zero-order valence-electron chi connectivity index (χ0n) is 18.9. The molecular formula is C26H38N2P2. The maximum atomic E-state index is 3.66. The lowest BCUT2D eigenvalue weighted by atomic mass is 9.78. The largest absolute Gasteiger partial charge is 0.316 e. The van der Waals surface area contributed by atoms with Gasteiger partial charge in [-0.3, -0.25) is 0 Å². The summed E-state index contributed by atoms with van der Waals surface area (Å²) in [5.41, 5.74) is 9.43. The van der Waals surface area contributed by atoms with Crippen LogP contribution >= 0.6 is 17.2 Å². The molecule has 2 saturated heterocycles. The minimum atomic E-state index is -0.0400. The van der Waals surface area contributed by atoms with Crippen molar-refractivity contribution in [1.29, 1.82) is 0 Å². The predicted octanol–water partition coefficient (Wildman–Crippen LogP) is 5.73. The van der Waals surface area contributed by atoms with Gasteiger partial charge >= 0.3 is 0 Å². The minimum Gasteiger partial charge on any atom is -0.316 e. The monoisotopic (exact) mass is 440 g/mol. The highest BCUT2D eigenvalue weighted by Crippen LogP contribution is 2.55. The van der Waals surface area contributed by atoms with E-state index < -0.39 is 0 Å². The van der Waals surface area contributed by atoms with Crippen molar-refractivity contribution in [1.82, 2.24) is 10.6 Å². The summed E-state index contributed by atoms with van der Waals surface area (Å²) in [4.78, 5) is 0. The van der Waals surface area contributed by atoms with E-state index in [0.29, 0.717) is 0 Å². The number of benzene rings is 2. The van der Waals surface area contributed by atoms with E-state index in [1.54, 1.807) is 11.1 Å². The lowest BCUT2D eigenvalue weighted by Gasteiger charge is -2.34. The molecule has 2 fully saturated rings. The van der Waals surface area contributed by atoms with Crippen LogP contribution in [0.15, 0.2) is 42.5 Å². The second-order valence-corrected chi connectivity index (χ2v) is 13.1. The van der Waals surface area contributed by atoms with Crippen LogP contribution in [0.1, 0.15) is 50.3 Å². The molecule has 3 atom stereocenters. The Labute approximate surface area is 187 Å². The summed E-state index contributed by atoms with van der Waals surface area (Å²) in [5, 5.41) is 7.33. The van der Waals surface area contributed by atoms with Gasteiger partial charge in [-0.05, 0) is 82.8 Å². The molecule has 2 heterocycles. The normalized spacial score (nSPS) is 23.1. The average molecular weight is 441 g/mol. The molecule has 2 nitrogen and oxygen atoms in total. The summed E-state index contributed by atoms with van der Waals surface area (Å²) in [5.74, 6) is 0. The molecule has 0 spiro atoms. The van der Waals surface area contributed by atoms with Crippen molar-refractivity contribution < 1.29 is 0 Å². The molecule has 2 aliphatic heterocycles. The molecule has 0 saturated carbocycles. The second kappa shape index (κ2) is 9.79. The van der Waals surface area contributed by atoms with E-state index >= 15 is 0 Å². The topological polar surface area (TPSA) is 24.1 Å². The molecule has 0 amide bonds. The molecule has 2 aliphatic rings. The van der Waals surface area contributed by atoms with Gasteiger partial charge in [0.25, 0.3) is 0 Å². The van der Waals surface area contributed by atoms with E-state index in [4.69, 9.17) is 0 Å². The molecule has 2 aromatic carbocycles. The van der Waals surface area contributed by atoms with Gasteiger partial charge in [-0.15, -0.1) is 9.24 Å². The van der Waals surface area contributed by atoms with Crippen LogP contribution in [0.25, 0.3) is 11.1 Å². The third-order valence-corrected chi connectivity index (χ3v) is 10.7. The van der Waals surface area contributed by atoms with Crippen molar-refractivity contribution in [3.63, 3.8) is 0 Å². The highest BCUT2D eigenvalue weighted by atomic mass is 31.1. The lowest BCUT2D eigenvalue weighted by molar-refractivity contribution is 0.586. The molecule has 0 bridgehead atoms. The number of hydrogen-bond donors (Lipinski definition) is 2. The van der Waals surface area contributed by atoms with Crippen LogP contribution in [0.3, 0.4) is 0 Å². The SMILES string of the molecule is CC(C)(C)c1c(-c2ccccc2)ccc(CP)c1CP(C1CCNC1)C1CCNC1. The van der Waals surface area contributed by atoms with Gasteiger partial charge in [0, 0.05) is 13.1 Å². The molecule has 2 N–H and O–H groups in total. The van der Waals surface area contributed by atoms with Crippen molar-refractivity contribution in [3.8, 4) is 11.1 Å². The molecule has 4 rings (SSSR count). The van der Waals surface area contributed by atoms with Crippen LogP contribution in [0.4, 0.5) is 0 Å². The zero-order chi connectivity index (χ0) is 21.1. The summed E-state index contributed by atoms with van der Waals surface area (Å²) in [6.07, 6.45) is 5.05. The molecule has 30 heavy (non-hydrogen) atoms. The molecule has 2 aromatic rings. The summed E-state index contributed by atoms with van der Waals surface area (Å²) in [7, 11) is 2.96. The fourth-order valence-corrected chi connectivity index (χ4v) is 9.23. The molecule has 0 radical (unpaired) electrons. The summed E-state index contributed by atoms with van der Waals surface area (Å²) in [6.45, 7) is 12.1. The second-order valence-electron chi connectivity index (χ2n) is 9.91. The van der Waals surface area contributed by atoms with E-state index in [0.717, 1.165) is 17.5 Å². The Balaban J connectivity index is 1.82. The Hall–Kier alpha value is -0.780. The maximum absolute atomic E-state index is 3.66. The van der Waals surface area contributed by atoms with Gasteiger partial charge in [0.2, 0.25) is 0 Å². The Kier molecular flexibility index (Phi) is 7.31. The van der Waals surface area contributed by atoms with Crippen LogP contribution in [-0.2, 0) is 17.7 Å². The smallest absolute Gasteiger partial charge is 0.00196 e. The van der Waals surface area contributed by atoms with Crippen molar-refractivity contribution in [2.75, 3.05) is 26.2 Å². The van der Waals surface area contributed by atoms with Gasteiger partial charge in [0.05, 0.1) is 0 Å². The van der Waals surface area contributed by atoms with Crippen LogP contribution < -0.4 is 10.6 Å². The number of hydrogen-bond acceptors (Lipinski definition) is 2. The fourth-order valence-electron chi connectivity index (χ4n) is 5.36. The maximum Gasteiger partial charge on any atom is 0.00196 e. The van der Waals surface area contributed by atoms with Crippen LogP contribution in [0.2, 0.25) is 0 Å². The summed E-state index contributed by atoms with van der Waals surface area (Å²) < 4.78 is 0. The number of nitrogens with one attached hydrogen (secondary N) is 2. The molecule has 162 valence electrons. The Morgan fingerprint density at radius 3 is 2.07 bits per heavy atom. The summed E-state index contributed by atoms with van der Waals surface area (Å²) >= 11 is 0. The Morgan fingerprint density at radius 2 is 1.57 bits per heavy atom. The molecular weight excluding hydrogens is 402 g/mol. The zero-order valence-corrected chi connectivity index (χ0v) is 20.9. The third kappa shape index (κ3) is 4.83. The first-order valence-corrected chi connectivity index (χ1v) is 14.0. The van der Waals surface area contributed by atoms with E-state index in [1.165, 1.54) is 61.9 Å². The molecule has 4 heteroatoms. The Morgan fingerprint density at radius 1 is 0.933 bits per heavy atom. The van der Waals surface area contributed by atoms with E-state index in [2.05, 4.69) is 83.1 Å². The van der Waals surface area contributed by atoms with Crippen molar-refractivity contribution in [2.24, 2.45) is 0 Å². The fraction of sp³-hybridized carbons (Fsp3) is 0.538. The van der Waals surface area contributed by atoms with E-state index in [9.17, 15) is 0 Å². The highest BCUT2D eigenvalue weighted by Gasteiger charge is 2.35. The van der Waals surface area contributed by atoms with E-state index in [1.807, 2.05) is 0 Å². The first-order valence-electron chi connectivity index (χ1n) is 11.6. The van der Waals surface area contributed by atoms with Crippen molar-refractivity contribution in [3.05, 3.63) is 59.2 Å². The van der Waals surface area contributed by atoms with Gasteiger partial charge < -0.3 is 10.6 Å². The summed E-state index contributed by atoms with van der Waals surface area (Å²) in [6, 6.07) is 15.8. The first kappa shape index (κ1) is 22.4. The third-order valence-electron chi connectivity index (χ3n) is 6.81. The highest BCUT2D eigenvalue weighted by molar-refractivity contribution is 7.58. The van der Waals surface area contributed by atoms with Crippen LogP contribution in [0.5, 0.6) is 0 Å². The predicted molar refractivity (Wildman–Crippen MR) is 137 cm³/mol. The molecule has 0 aromatic heterocycles. The van der Waals surface area contributed by atoms with Gasteiger partial charge in [0.15, 0.2) is 0 Å². The van der Waals surface area contributed by atoms with Gasteiger partial charge in [-0.2, -0.15) is 0 Å². The average Bonchev–Trinajstić information content (AvgIpc) is 3.45. The number of rotatable bonds is 6. The minimum absolute atomic E-state index is 0.0400. The van der Waals surface area contributed by atoms with Crippen molar-refractivity contribution in [2.45, 2.75) is 62.7 Å². The molecule has 0 aliphatic carbocycles. The lowest BCUT2D eigenvalue weighted by Crippen LogP contribution is -2.23. The van der Waals surface area contributed by atoms with E-state index in [-0.39, 0.29) is 13.3 Å². The van der Waals surface area contributed by atoms with Gasteiger partial charge in [-0.25, -0.2) is 0 Å². The standard InChI is InChI=1S/C26H38N2P2/c1-26(2,3)25-23(19-7-5-4-6-8-19)10-9-20(17-29)24(25)18-30(21-11-13-27-15-21)22-12-14-28-16-22/h4-10,21-22,27-28H,11-18,29H2,1-3H3. The van der Waals surface area contributed by atoms with Gasteiger partial charge in [-0.1, -0.05) is 71.2 Å². The van der Waals surface area contributed by atoms with Crippen LogP contribution in [-0.4, -0.2) is 37.5 Å². The molecule has 3 unspecified atom stereocenters.